The Hall–Kier alpha value is -1.79. The molecule has 106 valence electrons. The zero-order chi connectivity index (χ0) is 14.5. The van der Waals surface area contributed by atoms with Gasteiger partial charge in [0.25, 0.3) is 5.69 Å². The largest absolute Gasteiger partial charge is 0.494 e. The number of nitro benzene ring substituents is 1. The second-order valence-electron chi connectivity index (χ2n) is 3.95. The standard InChI is InChI=1S/C13H13ClN2O3S/c1-2-19-10-3-4-12(13(6-10)16(17)18)15-7-11-5-9(14)8-20-11/h3-6,8,15H,2,7H2,1H3. The molecule has 2 rings (SSSR count). The molecule has 0 unspecified atom stereocenters. The van der Waals surface area contributed by atoms with Crippen LogP contribution >= 0.6 is 22.9 Å². The SMILES string of the molecule is CCOc1ccc(NCc2cc(Cl)cs2)c([N+](=O)[O-])c1. The molecule has 0 fully saturated rings. The van der Waals surface area contributed by atoms with Crippen molar-refractivity contribution in [2.75, 3.05) is 11.9 Å². The molecule has 1 heterocycles. The zero-order valence-electron chi connectivity index (χ0n) is 10.8. The lowest BCUT2D eigenvalue weighted by molar-refractivity contribution is -0.384. The third-order valence-corrected chi connectivity index (χ3v) is 3.84. The van der Waals surface area contributed by atoms with Crippen LogP contribution in [0.25, 0.3) is 0 Å². The molecule has 0 aliphatic heterocycles. The molecule has 20 heavy (non-hydrogen) atoms. The summed E-state index contributed by atoms with van der Waals surface area (Å²) in [6.45, 7) is 2.79. The minimum Gasteiger partial charge on any atom is -0.494 e. The van der Waals surface area contributed by atoms with E-state index in [1.54, 1.807) is 12.1 Å². The molecule has 0 radical (unpaired) electrons. The highest BCUT2D eigenvalue weighted by Crippen LogP contribution is 2.30. The summed E-state index contributed by atoms with van der Waals surface area (Å²) in [5.41, 5.74) is 0.460. The first kappa shape index (κ1) is 14.6. The molecule has 0 atom stereocenters. The molecular formula is C13H13ClN2O3S. The van der Waals surface area contributed by atoms with Crippen LogP contribution in [0.1, 0.15) is 11.8 Å². The van der Waals surface area contributed by atoms with E-state index in [9.17, 15) is 10.1 Å². The number of anilines is 1. The number of rotatable bonds is 6. The van der Waals surface area contributed by atoms with Gasteiger partial charge in [0.1, 0.15) is 11.4 Å². The van der Waals surface area contributed by atoms with Crippen molar-refractivity contribution in [1.29, 1.82) is 0 Å². The maximum absolute atomic E-state index is 11.1. The van der Waals surface area contributed by atoms with Crippen molar-refractivity contribution in [2.24, 2.45) is 0 Å². The number of halogens is 1. The fourth-order valence-electron chi connectivity index (χ4n) is 1.70. The van der Waals surface area contributed by atoms with E-state index in [2.05, 4.69) is 5.32 Å². The molecule has 0 aliphatic carbocycles. The van der Waals surface area contributed by atoms with Gasteiger partial charge >= 0.3 is 0 Å². The van der Waals surface area contributed by atoms with Gasteiger partial charge in [0.05, 0.1) is 22.6 Å². The first-order valence-electron chi connectivity index (χ1n) is 5.98. The Bertz CT molecular complexity index is 615. The number of thiophene rings is 1. The summed E-state index contributed by atoms with van der Waals surface area (Å²) in [4.78, 5) is 11.7. The van der Waals surface area contributed by atoms with Crippen molar-refractivity contribution in [2.45, 2.75) is 13.5 Å². The third kappa shape index (κ3) is 3.61. The third-order valence-electron chi connectivity index (χ3n) is 2.55. The van der Waals surface area contributed by atoms with E-state index < -0.39 is 4.92 Å². The average Bonchev–Trinajstić information content (AvgIpc) is 2.83. The van der Waals surface area contributed by atoms with E-state index in [0.29, 0.717) is 29.6 Å². The van der Waals surface area contributed by atoms with Crippen LogP contribution in [0.2, 0.25) is 5.02 Å². The Balaban J connectivity index is 2.15. The van der Waals surface area contributed by atoms with Gasteiger partial charge < -0.3 is 10.1 Å². The van der Waals surface area contributed by atoms with Gasteiger partial charge in [0.15, 0.2) is 0 Å². The molecule has 0 aliphatic rings. The fourth-order valence-corrected chi connectivity index (χ4v) is 2.71. The van der Waals surface area contributed by atoms with Gasteiger partial charge in [-0.3, -0.25) is 10.1 Å². The molecule has 0 spiro atoms. The molecule has 0 amide bonds. The predicted molar refractivity (Wildman–Crippen MR) is 80.9 cm³/mol. The Kier molecular flexibility index (Phi) is 4.81. The maximum atomic E-state index is 11.1. The van der Waals surface area contributed by atoms with E-state index in [1.807, 2.05) is 18.4 Å². The van der Waals surface area contributed by atoms with Crippen LogP contribution in [0.5, 0.6) is 5.75 Å². The van der Waals surface area contributed by atoms with E-state index in [-0.39, 0.29) is 5.69 Å². The van der Waals surface area contributed by atoms with E-state index in [0.717, 1.165) is 4.88 Å². The minimum atomic E-state index is -0.424. The number of nitro groups is 1. The first-order chi connectivity index (χ1) is 9.60. The lowest BCUT2D eigenvalue weighted by Gasteiger charge is -2.08. The molecular weight excluding hydrogens is 300 g/mol. The van der Waals surface area contributed by atoms with Gasteiger partial charge in [0, 0.05) is 16.8 Å². The van der Waals surface area contributed by atoms with Crippen LogP contribution in [0.15, 0.2) is 29.6 Å². The summed E-state index contributed by atoms with van der Waals surface area (Å²) < 4.78 is 5.27. The zero-order valence-corrected chi connectivity index (χ0v) is 12.3. The number of hydrogen-bond donors (Lipinski definition) is 1. The maximum Gasteiger partial charge on any atom is 0.296 e. The summed E-state index contributed by atoms with van der Waals surface area (Å²) in [6, 6.07) is 6.62. The quantitative estimate of drug-likeness (QED) is 0.637. The molecule has 5 nitrogen and oxygen atoms in total. The van der Waals surface area contributed by atoms with Crippen molar-refractivity contribution >= 4 is 34.3 Å². The van der Waals surface area contributed by atoms with Crippen molar-refractivity contribution in [3.63, 3.8) is 0 Å². The Morgan fingerprint density at radius 2 is 2.25 bits per heavy atom. The summed E-state index contributed by atoms with van der Waals surface area (Å²) in [7, 11) is 0. The van der Waals surface area contributed by atoms with Gasteiger partial charge in [-0.05, 0) is 25.1 Å². The number of nitrogens with zero attached hydrogens (tertiary/aromatic N) is 1. The van der Waals surface area contributed by atoms with E-state index in [1.165, 1.54) is 17.4 Å². The Labute approximate surface area is 125 Å². The molecule has 0 saturated heterocycles. The summed E-state index contributed by atoms with van der Waals surface area (Å²) in [5.74, 6) is 0.490. The summed E-state index contributed by atoms with van der Waals surface area (Å²) in [6.07, 6.45) is 0. The number of nitrogens with one attached hydrogen (secondary N) is 1. The normalized spacial score (nSPS) is 10.3. The highest BCUT2D eigenvalue weighted by atomic mass is 35.5. The molecule has 0 bridgehead atoms. The number of hydrogen-bond acceptors (Lipinski definition) is 5. The predicted octanol–water partition coefficient (Wildman–Crippen LogP) is 4.32. The molecule has 0 saturated carbocycles. The lowest BCUT2D eigenvalue weighted by atomic mass is 10.2. The van der Waals surface area contributed by atoms with Gasteiger partial charge in [-0.25, -0.2) is 0 Å². The van der Waals surface area contributed by atoms with Gasteiger partial charge in [-0.1, -0.05) is 11.6 Å². The number of benzene rings is 1. The molecule has 1 aromatic carbocycles. The van der Waals surface area contributed by atoms with Crippen molar-refractivity contribution < 1.29 is 9.66 Å². The fraction of sp³-hybridized carbons (Fsp3) is 0.231. The minimum absolute atomic E-state index is 0.00129. The smallest absolute Gasteiger partial charge is 0.296 e. The lowest BCUT2D eigenvalue weighted by Crippen LogP contribution is -2.02. The molecule has 1 aromatic heterocycles. The van der Waals surface area contributed by atoms with Crippen molar-refractivity contribution in [1.82, 2.24) is 0 Å². The van der Waals surface area contributed by atoms with Crippen LogP contribution in [0.4, 0.5) is 11.4 Å². The summed E-state index contributed by atoms with van der Waals surface area (Å²) in [5, 5.41) is 16.6. The molecule has 1 N–H and O–H groups in total. The van der Waals surface area contributed by atoms with Gasteiger partial charge in [-0.2, -0.15) is 0 Å². The van der Waals surface area contributed by atoms with Crippen molar-refractivity contribution in [3.8, 4) is 5.75 Å². The van der Waals surface area contributed by atoms with Crippen LogP contribution in [-0.2, 0) is 6.54 Å². The average molecular weight is 313 g/mol. The van der Waals surface area contributed by atoms with E-state index >= 15 is 0 Å². The topological polar surface area (TPSA) is 64.4 Å². The molecule has 7 heteroatoms. The Morgan fingerprint density at radius 3 is 2.85 bits per heavy atom. The first-order valence-corrected chi connectivity index (χ1v) is 7.24. The van der Waals surface area contributed by atoms with Crippen LogP contribution in [0, 0.1) is 10.1 Å². The second-order valence-corrected chi connectivity index (χ2v) is 5.39. The van der Waals surface area contributed by atoms with E-state index in [4.69, 9.17) is 16.3 Å². The van der Waals surface area contributed by atoms with Crippen LogP contribution in [-0.4, -0.2) is 11.5 Å². The van der Waals surface area contributed by atoms with Crippen LogP contribution < -0.4 is 10.1 Å². The summed E-state index contributed by atoms with van der Waals surface area (Å²) >= 11 is 7.34. The highest BCUT2D eigenvalue weighted by Gasteiger charge is 2.15. The highest BCUT2D eigenvalue weighted by molar-refractivity contribution is 7.10. The monoisotopic (exact) mass is 312 g/mol. The van der Waals surface area contributed by atoms with Crippen molar-refractivity contribution in [3.05, 3.63) is 49.7 Å². The molecule has 2 aromatic rings. The second kappa shape index (κ2) is 6.58. The van der Waals surface area contributed by atoms with Crippen LogP contribution in [0.3, 0.4) is 0 Å². The van der Waals surface area contributed by atoms with Gasteiger partial charge in [0.2, 0.25) is 0 Å². The Morgan fingerprint density at radius 1 is 1.45 bits per heavy atom. The van der Waals surface area contributed by atoms with Gasteiger partial charge in [-0.15, -0.1) is 11.3 Å². The number of ether oxygens (including phenoxy) is 1.